The molecule has 6 heterocycles. The van der Waals surface area contributed by atoms with Crippen molar-refractivity contribution in [3.8, 4) is 11.4 Å². The fourth-order valence-electron chi connectivity index (χ4n) is 10.1. The quantitative estimate of drug-likeness (QED) is 0.180. The Kier molecular flexibility index (Phi) is 5.92. The van der Waals surface area contributed by atoms with Gasteiger partial charge >= 0.3 is 0 Å². The predicted octanol–water partition coefficient (Wildman–Crippen LogP) is 12.7. The first-order valence-corrected chi connectivity index (χ1v) is 20.1. The van der Waals surface area contributed by atoms with Crippen molar-refractivity contribution in [1.29, 1.82) is 0 Å². The van der Waals surface area contributed by atoms with Gasteiger partial charge in [0.05, 0.1) is 55.5 Å². The van der Waals surface area contributed by atoms with Crippen LogP contribution in [0.3, 0.4) is 0 Å². The molecule has 0 fully saturated rings. The fourth-order valence-corrected chi connectivity index (χ4v) is 10.1. The molecule has 0 saturated carbocycles. The minimum atomic E-state index is 0.131. The van der Waals surface area contributed by atoms with E-state index >= 15 is 0 Å². The van der Waals surface area contributed by atoms with E-state index in [-0.39, 0.29) is 11.8 Å². The van der Waals surface area contributed by atoms with Crippen LogP contribution in [0.5, 0.6) is 0 Å². The van der Waals surface area contributed by atoms with Gasteiger partial charge in [0, 0.05) is 27.6 Å². The zero-order valence-electron chi connectivity index (χ0n) is 31.7. The standard InChI is InChI=1S/C51H32N6O2/c1-29-33(21-25-48-49(29)36-28-32(20-24-47(36)59-48)55-42-15-7-9-17-44(42)57-40-13-5-3-11-38(40)53-51(55)57)30-18-22-45-34(26-30)35-27-31(19-23-46(35)58-45)54-41-14-6-8-16-43(41)56-39-12-4-2-10-37(39)52-50(54)56/h2-29,33H,1H3. The van der Waals surface area contributed by atoms with E-state index in [0.717, 1.165) is 106 Å². The lowest BCUT2D eigenvalue weighted by molar-refractivity contribution is 0.573. The van der Waals surface area contributed by atoms with Crippen LogP contribution in [0.4, 0.5) is 0 Å². The summed E-state index contributed by atoms with van der Waals surface area (Å²) in [6.07, 6.45) is 4.47. The van der Waals surface area contributed by atoms with E-state index < -0.39 is 0 Å². The van der Waals surface area contributed by atoms with E-state index in [1.54, 1.807) is 0 Å². The average Bonchev–Trinajstić information content (AvgIpc) is 4.11. The Morgan fingerprint density at radius 3 is 1.58 bits per heavy atom. The summed E-state index contributed by atoms with van der Waals surface area (Å²) in [5.74, 6) is 2.99. The van der Waals surface area contributed by atoms with Crippen LogP contribution < -0.4 is 0 Å². The van der Waals surface area contributed by atoms with E-state index in [1.165, 1.54) is 11.1 Å². The smallest absolute Gasteiger partial charge is 0.220 e. The third-order valence-corrected chi connectivity index (χ3v) is 12.8. The third-order valence-electron chi connectivity index (χ3n) is 12.8. The Morgan fingerprint density at radius 1 is 0.475 bits per heavy atom. The second-order valence-electron chi connectivity index (χ2n) is 15.9. The van der Waals surface area contributed by atoms with Crippen LogP contribution in [0.25, 0.3) is 106 Å². The van der Waals surface area contributed by atoms with Crippen LogP contribution in [0.15, 0.2) is 167 Å². The minimum absolute atomic E-state index is 0.131. The molecule has 7 aromatic carbocycles. The van der Waals surface area contributed by atoms with Gasteiger partial charge in [-0.05, 0) is 115 Å². The van der Waals surface area contributed by atoms with E-state index in [0.29, 0.717) is 0 Å². The lowest BCUT2D eigenvalue weighted by atomic mass is 9.78. The molecular weight excluding hydrogens is 729 g/mol. The maximum Gasteiger partial charge on any atom is 0.220 e. The average molecular weight is 761 g/mol. The monoisotopic (exact) mass is 760 g/mol. The summed E-state index contributed by atoms with van der Waals surface area (Å²) in [7, 11) is 0. The number of aromatic nitrogens is 6. The Hall–Kier alpha value is -7.84. The number of hydrogen-bond acceptors (Lipinski definition) is 4. The molecule has 8 heteroatoms. The van der Waals surface area contributed by atoms with Crippen LogP contribution in [0.1, 0.15) is 35.6 Å². The molecule has 59 heavy (non-hydrogen) atoms. The van der Waals surface area contributed by atoms with Crippen molar-refractivity contribution in [3.05, 3.63) is 175 Å². The van der Waals surface area contributed by atoms with Gasteiger partial charge in [-0.15, -0.1) is 0 Å². The van der Waals surface area contributed by atoms with Crippen LogP contribution >= 0.6 is 0 Å². The van der Waals surface area contributed by atoms with Crippen molar-refractivity contribution in [2.24, 2.45) is 0 Å². The molecule has 0 saturated heterocycles. The largest absolute Gasteiger partial charge is 0.456 e. The Balaban J connectivity index is 0.895. The topological polar surface area (TPSA) is 70.7 Å². The zero-order valence-corrected chi connectivity index (χ0v) is 31.7. The molecular formula is C51H32N6O2. The number of nitrogens with zero attached hydrogens (tertiary/aromatic N) is 6. The van der Waals surface area contributed by atoms with Crippen LogP contribution in [-0.4, -0.2) is 27.9 Å². The van der Waals surface area contributed by atoms with Gasteiger partial charge < -0.3 is 8.83 Å². The van der Waals surface area contributed by atoms with Gasteiger partial charge in [0.15, 0.2) is 0 Å². The summed E-state index contributed by atoms with van der Waals surface area (Å²) in [5, 5.41) is 3.30. The molecule has 2 unspecified atom stereocenters. The van der Waals surface area contributed by atoms with Gasteiger partial charge in [-0.2, -0.15) is 0 Å². The Morgan fingerprint density at radius 2 is 0.966 bits per heavy atom. The minimum Gasteiger partial charge on any atom is -0.456 e. The van der Waals surface area contributed by atoms with Crippen molar-refractivity contribution in [2.45, 2.75) is 18.8 Å². The summed E-state index contributed by atoms with van der Waals surface area (Å²) in [4.78, 5) is 10.2. The first kappa shape index (κ1) is 31.3. The molecule has 0 N–H and O–H groups in total. The summed E-state index contributed by atoms with van der Waals surface area (Å²) >= 11 is 0. The van der Waals surface area contributed by atoms with Gasteiger partial charge in [-0.1, -0.05) is 67.6 Å². The van der Waals surface area contributed by atoms with E-state index in [1.807, 2.05) is 12.1 Å². The molecule has 0 amide bonds. The highest BCUT2D eigenvalue weighted by Gasteiger charge is 2.30. The molecule has 14 rings (SSSR count). The summed E-state index contributed by atoms with van der Waals surface area (Å²) in [6.45, 7) is 2.33. The van der Waals surface area contributed by atoms with Crippen LogP contribution in [-0.2, 0) is 0 Å². The summed E-state index contributed by atoms with van der Waals surface area (Å²) in [6, 6.07) is 53.5. The molecule has 2 atom stereocenters. The predicted molar refractivity (Wildman–Crippen MR) is 236 cm³/mol. The molecule has 278 valence electrons. The molecule has 1 aliphatic rings. The number of para-hydroxylation sites is 8. The maximum atomic E-state index is 6.54. The first-order chi connectivity index (χ1) is 29.2. The molecule has 1 aliphatic carbocycles. The zero-order chi connectivity index (χ0) is 38.5. The Labute approximate surface area is 335 Å². The second-order valence-corrected chi connectivity index (χ2v) is 15.9. The van der Waals surface area contributed by atoms with Crippen molar-refractivity contribution >= 4 is 94.7 Å². The molecule has 0 radical (unpaired) electrons. The molecule has 0 bridgehead atoms. The van der Waals surface area contributed by atoms with Crippen molar-refractivity contribution in [2.75, 3.05) is 0 Å². The van der Waals surface area contributed by atoms with Gasteiger partial charge in [0.25, 0.3) is 0 Å². The highest BCUT2D eigenvalue weighted by molar-refractivity contribution is 6.06. The lowest BCUT2D eigenvalue weighted by Gasteiger charge is -2.25. The van der Waals surface area contributed by atoms with Gasteiger partial charge in [0.1, 0.15) is 22.5 Å². The van der Waals surface area contributed by atoms with Gasteiger partial charge in [-0.3, -0.25) is 17.9 Å². The second kappa shape index (κ2) is 11.2. The fraction of sp³-hybridized carbons (Fsp3) is 0.0588. The van der Waals surface area contributed by atoms with Crippen LogP contribution in [0, 0.1) is 0 Å². The molecule has 6 aromatic heterocycles. The number of fused-ring (bicyclic) bond motifs is 16. The van der Waals surface area contributed by atoms with Crippen molar-refractivity contribution in [1.82, 2.24) is 27.9 Å². The third kappa shape index (κ3) is 4.11. The number of hydrogen-bond donors (Lipinski definition) is 0. The van der Waals surface area contributed by atoms with E-state index in [4.69, 9.17) is 18.8 Å². The number of imidazole rings is 4. The molecule has 13 aromatic rings. The Bertz CT molecular complexity index is 3960. The molecule has 0 aliphatic heterocycles. The highest BCUT2D eigenvalue weighted by atomic mass is 16.3. The first-order valence-electron chi connectivity index (χ1n) is 20.1. The van der Waals surface area contributed by atoms with E-state index in [9.17, 15) is 0 Å². The summed E-state index contributed by atoms with van der Waals surface area (Å²) < 4.78 is 22.1. The van der Waals surface area contributed by atoms with Gasteiger partial charge in [0.2, 0.25) is 11.6 Å². The molecule has 0 spiro atoms. The summed E-state index contributed by atoms with van der Waals surface area (Å²) in [5.41, 5.74) is 15.8. The highest BCUT2D eigenvalue weighted by Crippen LogP contribution is 2.46. The van der Waals surface area contributed by atoms with Crippen molar-refractivity contribution < 1.29 is 8.83 Å². The number of benzene rings is 7. The van der Waals surface area contributed by atoms with E-state index in [2.05, 4.69) is 177 Å². The molecule has 8 nitrogen and oxygen atoms in total. The number of rotatable bonds is 3. The maximum absolute atomic E-state index is 6.54. The van der Waals surface area contributed by atoms with Crippen LogP contribution in [0.2, 0.25) is 0 Å². The lowest BCUT2D eigenvalue weighted by Crippen LogP contribution is -2.10. The SMILES string of the molecule is CC1c2c(oc3ccc(-n4c5ccccc5n5c6ccccc6nc45)cc23)C=CC1c1ccc2oc3ccc(-n4c5ccccc5n5c6ccccc6nc45)cc3c2c1. The van der Waals surface area contributed by atoms with Crippen molar-refractivity contribution in [3.63, 3.8) is 0 Å². The normalized spacial score (nSPS) is 15.8. The number of allylic oxidation sites excluding steroid dienone is 1. The number of furan rings is 2. The van der Waals surface area contributed by atoms with Gasteiger partial charge in [-0.25, -0.2) is 9.97 Å².